The number of hydrogen-bond donors (Lipinski definition) is 0. The Morgan fingerprint density at radius 1 is 1.21 bits per heavy atom. The monoisotopic (exact) mass is 504 g/mol. The molecule has 3 aliphatic rings. The van der Waals surface area contributed by atoms with Gasteiger partial charge in [0.1, 0.15) is 0 Å². The van der Waals surface area contributed by atoms with Gasteiger partial charge in [-0.1, -0.05) is 35.5 Å². The van der Waals surface area contributed by atoms with Gasteiger partial charge in [-0.15, -0.1) is 0 Å². The lowest BCUT2D eigenvalue weighted by atomic mass is 9.94. The van der Waals surface area contributed by atoms with Crippen molar-refractivity contribution in [2.24, 2.45) is 4.99 Å². The van der Waals surface area contributed by atoms with Crippen molar-refractivity contribution in [1.82, 2.24) is 14.7 Å². The summed E-state index contributed by atoms with van der Waals surface area (Å²) in [5.41, 5.74) is 2.70. The van der Waals surface area contributed by atoms with E-state index in [9.17, 15) is 9.59 Å². The number of esters is 1. The molecule has 4 rings (SSSR count). The van der Waals surface area contributed by atoms with Crippen LogP contribution in [0.2, 0.25) is 5.02 Å². The van der Waals surface area contributed by atoms with E-state index in [2.05, 4.69) is 9.89 Å². The van der Waals surface area contributed by atoms with E-state index in [1.165, 1.54) is 18.9 Å². The maximum absolute atomic E-state index is 13.2. The quantitative estimate of drug-likeness (QED) is 0.527. The van der Waals surface area contributed by atoms with Crippen LogP contribution in [0.5, 0.6) is 0 Å². The Bertz CT molecular complexity index is 1050. The number of carbonyl (C=O) groups is 2. The first kappa shape index (κ1) is 24.8. The molecule has 1 aromatic carbocycles. The lowest BCUT2D eigenvalue weighted by Gasteiger charge is -2.38. The standard InChI is InChI=1S/C24H29ClN4O4S/c1-16-21(23(31)33-3)22(17-5-4-6-18(25)13-17)29-19(15-34-24(29)26-16)14-20(30)28-9-7-27(8-10-28)11-12-32-2/h4-6,13,15,22H,7-12,14H2,1-3H3/t22-/m0/s1. The fourth-order valence-electron chi connectivity index (χ4n) is 4.44. The molecule has 0 spiro atoms. The molecular weight excluding hydrogens is 476 g/mol. The molecule has 10 heteroatoms. The molecule has 34 heavy (non-hydrogen) atoms. The summed E-state index contributed by atoms with van der Waals surface area (Å²) < 4.78 is 10.3. The normalized spacial score (nSPS) is 20.8. The van der Waals surface area contributed by atoms with Crippen LogP contribution >= 0.6 is 23.4 Å². The molecule has 1 saturated heterocycles. The molecule has 3 aliphatic heterocycles. The van der Waals surface area contributed by atoms with Gasteiger partial charge in [-0.25, -0.2) is 9.79 Å². The van der Waals surface area contributed by atoms with E-state index < -0.39 is 12.0 Å². The molecule has 0 radical (unpaired) electrons. The van der Waals surface area contributed by atoms with Crippen LogP contribution in [-0.4, -0.2) is 85.3 Å². The predicted octanol–water partition coefficient (Wildman–Crippen LogP) is 3.27. The Morgan fingerprint density at radius 3 is 2.65 bits per heavy atom. The minimum absolute atomic E-state index is 0.0650. The largest absolute Gasteiger partial charge is 0.466 e. The maximum atomic E-state index is 13.2. The summed E-state index contributed by atoms with van der Waals surface area (Å²) in [5.74, 6) is -0.379. The second-order valence-electron chi connectivity index (χ2n) is 8.33. The van der Waals surface area contributed by atoms with E-state index in [1.807, 2.05) is 33.4 Å². The fraction of sp³-hybridized carbons (Fsp3) is 0.458. The van der Waals surface area contributed by atoms with E-state index >= 15 is 0 Å². The molecule has 0 N–H and O–H groups in total. The van der Waals surface area contributed by atoms with Crippen LogP contribution in [0.15, 0.2) is 51.6 Å². The van der Waals surface area contributed by atoms with E-state index in [0.717, 1.165) is 36.1 Å². The number of aliphatic imine (C=N–C) groups is 1. The number of amidine groups is 1. The zero-order chi connectivity index (χ0) is 24.2. The second-order valence-corrected chi connectivity index (χ2v) is 9.60. The van der Waals surface area contributed by atoms with Crippen molar-refractivity contribution < 1.29 is 19.1 Å². The predicted molar refractivity (Wildman–Crippen MR) is 133 cm³/mol. The summed E-state index contributed by atoms with van der Waals surface area (Å²) in [6.45, 7) is 6.41. The third-order valence-electron chi connectivity index (χ3n) is 6.24. The molecule has 3 heterocycles. The Hall–Kier alpha value is -2.33. The topological polar surface area (TPSA) is 74.7 Å². The van der Waals surface area contributed by atoms with E-state index in [1.54, 1.807) is 20.1 Å². The highest BCUT2D eigenvalue weighted by molar-refractivity contribution is 8.16. The van der Waals surface area contributed by atoms with Gasteiger partial charge in [0.05, 0.1) is 37.4 Å². The smallest absolute Gasteiger partial charge is 0.338 e. The van der Waals surface area contributed by atoms with Crippen LogP contribution in [0.4, 0.5) is 0 Å². The number of benzene rings is 1. The van der Waals surface area contributed by atoms with Crippen LogP contribution in [0.3, 0.4) is 0 Å². The van der Waals surface area contributed by atoms with Crippen LogP contribution in [0, 0.1) is 0 Å². The number of carbonyl (C=O) groups excluding carboxylic acids is 2. The van der Waals surface area contributed by atoms with E-state index in [0.29, 0.717) is 36.0 Å². The lowest BCUT2D eigenvalue weighted by Crippen LogP contribution is -2.49. The Labute approximate surface area is 209 Å². The number of amides is 1. The molecule has 0 bridgehead atoms. The van der Waals surface area contributed by atoms with Crippen molar-refractivity contribution in [3.63, 3.8) is 0 Å². The zero-order valence-corrected chi connectivity index (χ0v) is 21.2. The Kier molecular flexibility index (Phi) is 7.98. The number of halogens is 1. The van der Waals surface area contributed by atoms with Gasteiger partial charge in [-0.2, -0.15) is 0 Å². The molecule has 0 aromatic heterocycles. The molecule has 1 amide bonds. The van der Waals surface area contributed by atoms with Crippen LogP contribution < -0.4 is 0 Å². The molecule has 0 aliphatic carbocycles. The summed E-state index contributed by atoms with van der Waals surface area (Å²) in [5, 5.41) is 3.27. The molecule has 1 aromatic rings. The molecule has 182 valence electrons. The number of thioether (sulfide) groups is 1. The van der Waals surface area contributed by atoms with Crippen LogP contribution in [-0.2, 0) is 19.1 Å². The van der Waals surface area contributed by atoms with Gasteiger partial charge >= 0.3 is 5.97 Å². The third kappa shape index (κ3) is 5.17. The average molecular weight is 505 g/mol. The van der Waals surface area contributed by atoms with Crippen molar-refractivity contribution in [1.29, 1.82) is 0 Å². The highest BCUT2D eigenvalue weighted by Gasteiger charge is 2.41. The molecule has 1 fully saturated rings. The van der Waals surface area contributed by atoms with Crippen LogP contribution in [0.25, 0.3) is 0 Å². The van der Waals surface area contributed by atoms with Gasteiger partial charge in [-0.3, -0.25) is 9.69 Å². The number of methoxy groups -OCH3 is 2. The lowest BCUT2D eigenvalue weighted by molar-refractivity contribution is -0.136. The summed E-state index contributed by atoms with van der Waals surface area (Å²) in [6, 6.07) is 6.94. The summed E-state index contributed by atoms with van der Waals surface area (Å²) in [7, 11) is 3.06. The van der Waals surface area contributed by atoms with Crippen molar-refractivity contribution in [3.8, 4) is 0 Å². The highest BCUT2D eigenvalue weighted by atomic mass is 35.5. The number of ether oxygens (including phenoxy) is 2. The van der Waals surface area contributed by atoms with Crippen molar-refractivity contribution in [2.45, 2.75) is 19.4 Å². The minimum atomic E-state index is -0.474. The molecular formula is C24H29ClN4O4S. The van der Waals surface area contributed by atoms with Gasteiger partial charge < -0.3 is 19.3 Å². The fourth-order valence-corrected chi connectivity index (χ4v) is 5.60. The Morgan fingerprint density at radius 2 is 1.97 bits per heavy atom. The third-order valence-corrected chi connectivity index (χ3v) is 7.36. The highest BCUT2D eigenvalue weighted by Crippen LogP contribution is 2.45. The number of hydrogen-bond acceptors (Lipinski definition) is 8. The first-order chi connectivity index (χ1) is 16.4. The number of allylic oxidation sites excluding steroid dienone is 1. The molecule has 0 saturated carbocycles. The van der Waals surface area contributed by atoms with E-state index in [4.69, 9.17) is 21.1 Å². The molecule has 1 atom stereocenters. The van der Waals surface area contributed by atoms with Crippen molar-refractivity contribution in [2.75, 3.05) is 53.6 Å². The average Bonchev–Trinajstić information content (AvgIpc) is 3.23. The van der Waals surface area contributed by atoms with Gasteiger partial charge in [-0.05, 0) is 30.0 Å². The number of fused-ring (bicyclic) bond motifs is 1. The minimum Gasteiger partial charge on any atom is -0.466 e. The number of nitrogens with zero attached hydrogens (tertiary/aromatic N) is 4. The summed E-state index contributed by atoms with van der Waals surface area (Å²) in [6.07, 6.45) is 0.231. The first-order valence-corrected chi connectivity index (χ1v) is 12.5. The summed E-state index contributed by atoms with van der Waals surface area (Å²) >= 11 is 7.76. The summed E-state index contributed by atoms with van der Waals surface area (Å²) in [4.78, 5) is 36.9. The van der Waals surface area contributed by atoms with Crippen LogP contribution in [0.1, 0.15) is 24.9 Å². The molecule has 0 unspecified atom stereocenters. The van der Waals surface area contributed by atoms with Gasteiger partial charge in [0.2, 0.25) is 5.91 Å². The van der Waals surface area contributed by atoms with Crippen molar-refractivity contribution in [3.05, 3.63) is 57.2 Å². The second kappa shape index (κ2) is 10.9. The van der Waals surface area contributed by atoms with Crippen molar-refractivity contribution >= 4 is 40.4 Å². The first-order valence-electron chi connectivity index (χ1n) is 11.2. The number of piperazine rings is 1. The molecule has 8 nitrogen and oxygen atoms in total. The van der Waals surface area contributed by atoms with E-state index in [-0.39, 0.29) is 12.3 Å². The number of rotatable bonds is 7. The maximum Gasteiger partial charge on any atom is 0.338 e. The Balaban J connectivity index is 1.55. The van der Waals surface area contributed by atoms with Gasteiger partial charge in [0.15, 0.2) is 5.17 Å². The zero-order valence-electron chi connectivity index (χ0n) is 19.6. The SMILES string of the molecule is COCCN1CCN(C(=O)CC2=CSC3=NC(C)=C(C(=O)OC)[C@H](c4cccc(Cl)c4)N23)CC1. The van der Waals surface area contributed by atoms with Gasteiger partial charge in [0.25, 0.3) is 0 Å². The van der Waals surface area contributed by atoms with Gasteiger partial charge in [0, 0.05) is 50.6 Å².